The molecule has 0 spiro atoms. The molecule has 0 aliphatic carbocycles. The van der Waals surface area contributed by atoms with Gasteiger partial charge in [0.15, 0.2) is 0 Å². The first-order valence-corrected chi connectivity index (χ1v) is 10.1. The van der Waals surface area contributed by atoms with Crippen molar-refractivity contribution in [1.82, 2.24) is 10.0 Å². The molecule has 7 nitrogen and oxygen atoms in total. The lowest BCUT2D eigenvalue weighted by atomic mass is 10.1. The zero-order chi connectivity index (χ0) is 20.2. The van der Waals surface area contributed by atoms with Crippen molar-refractivity contribution in [2.75, 3.05) is 7.11 Å². The van der Waals surface area contributed by atoms with Crippen LogP contribution in [0.5, 0.6) is 5.75 Å². The maximum atomic E-state index is 13.0. The Kier molecular flexibility index (Phi) is 6.67. The summed E-state index contributed by atoms with van der Waals surface area (Å²) in [4.78, 5) is 12.7. The van der Waals surface area contributed by atoms with Crippen molar-refractivity contribution in [3.63, 3.8) is 0 Å². The number of aryl methyl sites for hydroxylation is 2. The second-order valence-electron chi connectivity index (χ2n) is 6.73. The molecule has 0 radical (unpaired) electrons. The average molecular weight is 394 g/mol. The van der Waals surface area contributed by atoms with Crippen molar-refractivity contribution in [2.24, 2.45) is 5.92 Å². The van der Waals surface area contributed by atoms with Gasteiger partial charge in [-0.1, -0.05) is 13.8 Å². The van der Waals surface area contributed by atoms with E-state index in [-0.39, 0.29) is 17.4 Å². The molecule has 2 N–H and O–H groups in total. The zero-order valence-corrected chi connectivity index (χ0v) is 17.0. The van der Waals surface area contributed by atoms with E-state index in [4.69, 9.17) is 9.15 Å². The standard InChI is InChI=1S/C19H26N2O5S/c1-12(2)17(19(22)20-11-15-7-6-8-26-15)21-27(23,24)18-13(3)9-16(25-5)10-14(18)4/h6-10,12,17,21H,11H2,1-5H3,(H,20,22)/t17-/m1/s1. The average Bonchev–Trinajstić information content (AvgIpc) is 3.09. The number of nitrogens with one attached hydrogen (secondary N) is 2. The van der Waals surface area contributed by atoms with Crippen LogP contribution in [0.25, 0.3) is 0 Å². The number of furan rings is 1. The zero-order valence-electron chi connectivity index (χ0n) is 16.2. The number of amides is 1. The quantitative estimate of drug-likeness (QED) is 0.717. The Morgan fingerprint density at radius 2 is 1.85 bits per heavy atom. The highest BCUT2D eigenvalue weighted by Crippen LogP contribution is 2.26. The fraction of sp³-hybridized carbons (Fsp3) is 0.421. The number of carbonyl (C=O) groups excluding carboxylic acids is 1. The van der Waals surface area contributed by atoms with Crippen molar-refractivity contribution in [2.45, 2.75) is 45.2 Å². The number of methoxy groups -OCH3 is 1. The van der Waals surface area contributed by atoms with Crippen LogP contribution < -0.4 is 14.8 Å². The van der Waals surface area contributed by atoms with Crippen LogP contribution in [-0.2, 0) is 21.4 Å². The predicted octanol–water partition coefficient (Wildman–Crippen LogP) is 2.52. The summed E-state index contributed by atoms with van der Waals surface area (Å²) in [6, 6.07) is 5.86. The summed E-state index contributed by atoms with van der Waals surface area (Å²) in [6.07, 6.45) is 1.51. The minimum Gasteiger partial charge on any atom is -0.497 e. The Morgan fingerprint density at radius 3 is 2.33 bits per heavy atom. The maximum Gasteiger partial charge on any atom is 0.241 e. The molecule has 0 fully saturated rings. The molecule has 0 bridgehead atoms. The van der Waals surface area contributed by atoms with Gasteiger partial charge in [-0.2, -0.15) is 4.72 Å². The first-order valence-electron chi connectivity index (χ1n) is 8.63. The molecule has 1 amide bonds. The van der Waals surface area contributed by atoms with Crippen molar-refractivity contribution in [3.05, 3.63) is 47.4 Å². The summed E-state index contributed by atoms with van der Waals surface area (Å²) in [5.74, 6) is 0.528. The Hall–Kier alpha value is -2.32. The predicted molar refractivity (Wildman–Crippen MR) is 102 cm³/mol. The van der Waals surface area contributed by atoms with E-state index in [9.17, 15) is 13.2 Å². The van der Waals surface area contributed by atoms with Gasteiger partial charge < -0.3 is 14.5 Å². The lowest BCUT2D eigenvalue weighted by molar-refractivity contribution is -0.123. The van der Waals surface area contributed by atoms with Gasteiger partial charge >= 0.3 is 0 Å². The van der Waals surface area contributed by atoms with Crippen LogP contribution in [0.3, 0.4) is 0 Å². The first-order chi connectivity index (χ1) is 12.7. The van der Waals surface area contributed by atoms with Crippen LogP contribution in [0.15, 0.2) is 39.8 Å². The second-order valence-corrected chi connectivity index (χ2v) is 8.38. The normalized spacial score (nSPS) is 12.8. The number of ether oxygens (including phenoxy) is 1. The Labute approximate surface area is 160 Å². The molecule has 0 aliphatic rings. The van der Waals surface area contributed by atoms with Crippen LogP contribution >= 0.6 is 0 Å². The third-order valence-corrected chi connectivity index (χ3v) is 5.93. The lowest BCUT2D eigenvalue weighted by Crippen LogP contribution is -2.49. The van der Waals surface area contributed by atoms with E-state index in [1.165, 1.54) is 13.4 Å². The van der Waals surface area contributed by atoms with Gasteiger partial charge in [0.05, 0.1) is 24.8 Å². The van der Waals surface area contributed by atoms with Gasteiger partial charge in [-0.25, -0.2) is 8.42 Å². The third-order valence-electron chi connectivity index (χ3n) is 4.19. The van der Waals surface area contributed by atoms with Crippen molar-refractivity contribution < 1.29 is 22.4 Å². The lowest BCUT2D eigenvalue weighted by Gasteiger charge is -2.23. The topological polar surface area (TPSA) is 97.6 Å². The van der Waals surface area contributed by atoms with Gasteiger partial charge in [-0.15, -0.1) is 0 Å². The van der Waals surface area contributed by atoms with Crippen LogP contribution in [0.1, 0.15) is 30.7 Å². The minimum absolute atomic E-state index is 0.160. The van der Waals surface area contributed by atoms with Gasteiger partial charge in [0.1, 0.15) is 17.6 Å². The molecular weight excluding hydrogens is 368 g/mol. The molecule has 27 heavy (non-hydrogen) atoms. The summed E-state index contributed by atoms with van der Waals surface area (Å²) in [5.41, 5.74) is 1.11. The second kappa shape index (κ2) is 8.58. The summed E-state index contributed by atoms with van der Waals surface area (Å²) >= 11 is 0. The summed E-state index contributed by atoms with van der Waals surface area (Å²) in [5, 5.41) is 2.71. The highest BCUT2D eigenvalue weighted by molar-refractivity contribution is 7.89. The number of benzene rings is 1. The molecule has 1 heterocycles. The van der Waals surface area contributed by atoms with Gasteiger partial charge in [-0.05, 0) is 55.2 Å². The largest absolute Gasteiger partial charge is 0.497 e. The van der Waals surface area contributed by atoms with E-state index in [1.807, 2.05) is 0 Å². The Bertz CT molecular complexity index is 866. The van der Waals surface area contributed by atoms with E-state index >= 15 is 0 Å². The SMILES string of the molecule is COc1cc(C)c(S(=O)(=O)N[C@@H](C(=O)NCc2ccco2)C(C)C)c(C)c1. The Balaban J connectivity index is 2.23. The molecule has 0 unspecified atom stereocenters. The van der Waals surface area contributed by atoms with Crippen LogP contribution in [0, 0.1) is 19.8 Å². The van der Waals surface area contributed by atoms with Crippen molar-refractivity contribution >= 4 is 15.9 Å². The fourth-order valence-electron chi connectivity index (χ4n) is 2.87. The first kappa shape index (κ1) is 21.0. The number of sulfonamides is 1. The van der Waals surface area contributed by atoms with Crippen molar-refractivity contribution in [1.29, 1.82) is 0 Å². The van der Waals surface area contributed by atoms with Gasteiger partial charge in [-0.3, -0.25) is 4.79 Å². The number of hydrogen-bond acceptors (Lipinski definition) is 5. The third kappa shape index (κ3) is 5.11. The summed E-state index contributed by atoms with van der Waals surface area (Å²) < 4.78 is 38.9. The Morgan fingerprint density at radius 1 is 1.22 bits per heavy atom. The monoisotopic (exact) mass is 394 g/mol. The fourth-order valence-corrected chi connectivity index (χ4v) is 4.67. The molecule has 1 atom stereocenters. The van der Waals surface area contributed by atoms with E-state index in [2.05, 4.69) is 10.0 Å². The van der Waals surface area contributed by atoms with E-state index in [1.54, 1.807) is 52.0 Å². The highest BCUT2D eigenvalue weighted by atomic mass is 32.2. The van der Waals surface area contributed by atoms with Crippen LogP contribution in [0.2, 0.25) is 0 Å². The molecule has 0 aliphatic heterocycles. The molecule has 0 saturated heterocycles. The maximum absolute atomic E-state index is 13.0. The molecule has 0 saturated carbocycles. The van der Waals surface area contributed by atoms with Gasteiger partial charge in [0.2, 0.25) is 15.9 Å². The van der Waals surface area contributed by atoms with Crippen LogP contribution in [0.4, 0.5) is 0 Å². The van der Waals surface area contributed by atoms with E-state index in [0.717, 1.165) is 0 Å². The van der Waals surface area contributed by atoms with Crippen molar-refractivity contribution in [3.8, 4) is 5.75 Å². The summed E-state index contributed by atoms with van der Waals surface area (Å²) in [6.45, 7) is 7.16. The van der Waals surface area contributed by atoms with Gasteiger partial charge in [0.25, 0.3) is 0 Å². The van der Waals surface area contributed by atoms with Crippen LogP contribution in [-0.4, -0.2) is 27.5 Å². The highest BCUT2D eigenvalue weighted by Gasteiger charge is 2.30. The molecule has 148 valence electrons. The number of hydrogen-bond donors (Lipinski definition) is 2. The van der Waals surface area contributed by atoms with Gasteiger partial charge in [0, 0.05) is 0 Å². The summed E-state index contributed by atoms with van der Waals surface area (Å²) in [7, 11) is -2.37. The molecule has 2 rings (SSSR count). The number of rotatable bonds is 8. The molecular formula is C19H26N2O5S. The molecule has 1 aromatic carbocycles. The smallest absolute Gasteiger partial charge is 0.241 e. The molecule has 1 aromatic heterocycles. The van der Waals surface area contributed by atoms with E-state index in [0.29, 0.717) is 22.6 Å². The molecule has 2 aromatic rings. The van der Waals surface area contributed by atoms with E-state index < -0.39 is 22.0 Å². The number of carbonyl (C=O) groups is 1. The molecule has 8 heteroatoms. The minimum atomic E-state index is -3.90.